The predicted octanol–water partition coefficient (Wildman–Crippen LogP) is 3.80. The minimum Gasteiger partial charge on any atom is -0.497 e. The number of nitrogens with zero attached hydrogens (tertiary/aromatic N) is 2. The molecule has 0 saturated carbocycles. The van der Waals surface area contributed by atoms with E-state index in [0.717, 1.165) is 22.5 Å². The molecule has 8 nitrogen and oxygen atoms in total. The van der Waals surface area contributed by atoms with Crippen molar-refractivity contribution < 1.29 is 17.9 Å². The Kier molecular flexibility index (Phi) is 6.41. The molecule has 0 aliphatic carbocycles. The van der Waals surface area contributed by atoms with Crippen LogP contribution in [0, 0.1) is 0 Å². The number of anilines is 1. The summed E-state index contributed by atoms with van der Waals surface area (Å²) in [6.07, 6.45) is 0. The lowest BCUT2D eigenvalue weighted by molar-refractivity contribution is -0.115. The molecule has 1 atom stereocenters. The number of sulfonamides is 1. The third-order valence-corrected chi connectivity index (χ3v) is 6.94. The number of methoxy groups -OCH3 is 1. The van der Waals surface area contributed by atoms with Gasteiger partial charge in [-0.2, -0.15) is 0 Å². The third kappa shape index (κ3) is 5.03. The number of carbonyl (C=O) groups is 1. The molecule has 0 saturated heterocycles. The van der Waals surface area contributed by atoms with Crippen molar-refractivity contribution in [1.82, 2.24) is 9.55 Å². The lowest BCUT2D eigenvalue weighted by Gasteiger charge is -2.14. The van der Waals surface area contributed by atoms with Crippen molar-refractivity contribution in [3.8, 4) is 11.4 Å². The van der Waals surface area contributed by atoms with Crippen molar-refractivity contribution >= 4 is 44.4 Å². The molecule has 0 bridgehead atoms. The van der Waals surface area contributed by atoms with Crippen LogP contribution in [0.15, 0.2) is 82.8 Å². The number of hydrogen-bond donors (Lipinski definition) is 2. The summed E-state index contributed by atoms with van der Waals surface area (Å²) in [7, 11) is -2.17. The highest BCUT2D eigenvalue weighted by Gasteiger charge is 2.21. The van der Waals surface area contributed by atoms with E-state index in [1.54, 1.807) is 14.0 Å². The molecule has 0 aliphatic heterocycles. The number of hydrogen-bond acceptors (Lipinski definition) is 6. The monoisotopic (exact) mass is 482 g/mol. The van der Waals surface area contributed by atoms with Crippen LogP contribution >= 0.6 is 11.8 Å². The Morgan fingerprint density at radius 2 is 1.73 bits per heavy atom. The number of thioether (sulfide) groups is 1. The summed E-state index contributed by atoms with van der Waals surface area (Å²) < 4.78 is 30.1. The number of benzene rings is 3. The molecule has 0 spiro atoms. The number of primary sulfonamides is 1. The summed E-state index contributed by atoms with van der Waals surface area (Å²) in [4.78, 5) is 17.5. The lowest BCUT2D eigenvalue weighted by atomic mass is 10.2. The maximum absolute atomic E-state index is 12.8. The topological polar surface area (TPSA) is 116 Å². The Labute approximate surface area is 195 Å². The van der Waals surface area contributed by atoms with Crippen LogP contribution in [0.4, 0.5) is 5.69 Å². The molecule has 0 fully saturated rings. The Hall–Kier alpha value is -3.34. The molecule has 1 heterocycles. The van der Waals surface area contributed by atoms with Crippen LogP contribution in [0.5, 0.6) is 5.75 Å². The van der Waals surface area contributed by atoms with Gasteiger partial charge < -0.3 is 10.1 Å². The highest BCUT2D eigenvalue weighted by Crippen LogP contribution is 2.31. The number of rotatable bonds is 7. The summed E-state index contributed by atoms with van der Waals surface area (Å²) in [5.74, 6) is 0.510. The van der Waals surface area contributed by atoms with Crippen molar-refractivity contribution in [2.24, 2.45) is 5.14 Å². The summed E-state index contributed by atoms with van der Waals surface area (Å²) >= 11 is 1.33. The van der Waals surface area contributed by atoms with E-state index in [1.807, 2.05) is 53.1 Å². The zero-order valence-electron chi connectivity index (χ0n) is 17.9. The molecule has 4 rings (SSSR count). The maximum Gasteiger partial charge on any atom is 0.238 e. The van der Waals surface area contributed by atoms with Crippen molar-refractivity contribution in [1.29, 1.82) is 0 Å². The van der Waals surface area contributed by atoms with E-state index in [-0.39, 0.29) is 10.8 Å². The molecule has 0 radical (unpaired) electrons. The number of para-hydroxylation sites is 2. The van der Waals surface area contributed by atoms with E-state index in [2.05, 4.69) is 5.32 Å². The molecule has 170 valence electrons. The lowest BCUT2D eigenvalue weighted by Crippen LogP contribution is -2.23. The molecule has 33 heavy (non-hydrogen) atoms. The second-order valence-electron chi connectivity index (χ2n) is 7.24. The smallest absolute Gasteiger partial charge is 0.238 e. The van der Waals surface area contributed by atoms with Crippen molar-refractivity contribution in [2.45, 2.75) is 22.2 Å². The fourth-order valence-corrected chi connectivity index (χ4v) is 4.71. The van der Waals surface area contributed by atoms with Crippen LogP contribution < -0.4 is 15.2 Å². The van der Waals surface area contributed by atoms with E-state index in [4.69, 9.17) is 14.9 Å². The van der Waals surface area contributed by atoms with Crippen molar-refractivity contribution in [2.75, 3.05) is 12.4 Å². The molecule has 1 amide bonds. The molecule has 3 aromatic carbocycles. The molecular formula is C23H22N4O4S2. The average molecular weight is 483 g/mol. The number of amides is 1. The summed E-state index contributed by atoms with van der Waals surface area (Å²) in [6, 6.07) is 21.1. The molecule has 1 unspecified atom stereocenters. The number of imidazole rings is 1. The largest absolute Gasteiger partial charge is 0.497 e. The van der Waals surface area contributed by atoms with Crippen LogP contribution in [-0.4, -0.2) is 36.2 Å². The normalized spacial score (nSPS) is 12.5. The van der Waals surface area contributed by atoms with E-state index in [0.29, 0.717) is 10.8 Å². The van der Waals surface area contributed by atoms with Gasteiger partial charge in [0, 0.05) is 11.4 Å². The minimum atomic E-state index is -3.79. The molecular weight excluding hydrogens is 460 g/mol. The van der Waals surface area contributed by atoms with Crippen LogP contribution in [0.2, 0.25) is 0 Å². The number of ether oxygens (including phenoxy) is 1. The van der Waals surface area contributed by atoms with E-state index in [1.165, 1.54) is 36.0 Å². The van der Waals surface area contributed by atoms with Crippen molar-refractivity contribution in [3.05, 3.63) is 72.8 Å². The molecule has 3 N–H and O–H groups in total. The average Bonchev–Trinajstić information content (AvgIpc) is 3.16. The van der Waals surface area contributed by atoms with Crippen LogP contribution in [-0.2, 0) is 14.8 Å². The number of nitrogens with two attached hydrogens (primary N) is 1. The second-order valence-corrected chi connectivity index (χ2v) is 10.1. The van der Waals surface area contributed by atoms with Crippen LogP contribution in [0.3, 0.4) is 0 Å². The Morgan fingerprint density at radius 1 is 1.06 bits per heavy atom. The minimum absolute atomic E-state index is 0.0175. The molecule has 1 aromatic heterocycles. The maximum atomic E-state index is 12.8. The zero-order valence-corrected chi connectivity index (χ0v) is 19.6. The Balaban J connectivity index is 1.58. The first kappa shape index (κ1) is 22.8. The van der Waals surface area contributed by atoms with Crippen molar-refractivity contribution in [3.63, 3.8) is 0 Å². The second kappa shape index (κ2) is 9.26. The van der Waals surface area contributed by atoms with E-state index < -0.39 is 15.3 Å². The fraction of sp³-hybridized carbons (Fsp3) is 0.130. The fourth-order valence-electron chi connectivity index (χ4n) is 3.25. The number of carbonyl (C=O) groups excluding carboxylic acids is 1. The zero-order chi connectivity index (χ0) is 23.6. The standard InChI is InChI=1S/C23H22N4O4S2/c1-15(22(28)25-16-7-13-19(14-8-16)33(24,29)30)32-23-26-20-5-3-4-6-21(20)27(23)17-9-11-18(31-2)12-10-17/h3-15H,1-2H3,(H,25,28)(H2,24,29,30). The predicted molar refractivity (Wildman–Crippen MR) is 129 cm³/mol. The van der Waals surface area contributed by atoms with E-state index >= 15 is 0 Å². The highest BCUT2D eigenvalue weighted by atomic mass is 32.2. The highest BCUT2D eigenvalue weighted by molar-refractivity contribution is 8.00. The number of nitrogens with one attached hydrogen (secondary N) is 1. The van der Waals surface area contributed by atoms with Gasteiger partial charge in [0.15, 0.2) is 5.16 Å². The van der Waals surface area contributed by atoms with Crippen LogP contribution in [0.25, 0.3) is 16.7 Å². The van der Waals surface area contributed by atoms with Gasteiger partial charge in [-0.05, 0) is 67.6 Å². The van der Waals surface area contributed by atoms with Gasteiger partial charge in [0.1, 0.15) is 5.75 Å². The summed E-state index contributed by atoms with van der Waals surface area (Å²) in [5, 5.41) is 8.12. The quantitative estimate of drug-likeness (QED) is 0.387. The van der Waals surface area contributed by atoms with Crippen LogP contribution in [0.1, 0.15) is 6.92 Å². The molecule has 0 aliphatic rings. The number of aromatic nitrogens is 2. The van der Waals surface area contributed by atoms with Gasteiger partial charge in [0.25, 0.3) is 0 Å². The van der Waals surface area contributed by atoms with Gasteiger partial charge in [0.2, 0.25) is 15.9 Å². The van der Waals surface area contributed by atoms with Gasteiger partial charge in [-0.3, -0.25) is 9.36 Å². The first-order valence-electron chi connectivity index (χ1n) is 9.98. The first-order valence-corrected chi connectivity index (χ1v) is 12.4. The molecule has 10 heteroatoms. The SMILES string of the molecule is COc1ccc(-n2c(SC(C)C(=O)Nc3ccc(S(N)(=O)=O)cc3)nc3ccccc32)cc1. The third-order valence-electron chi connectivity index (χ3n) is 4.96. The Bertz CT molecular complexity index is 1400. The van der Waals surface area contributed by atoms with Gasteiger partial charge in [-0.1, -0.05) is 23.9 Å². The summed E-state index contributed by atoms with van der Waals surface area (Å²) in [5.41, 5.74) is 3.13. The Morgan fingerprint density at radius 3 is 2.36 bits per heavy atom. The van der Waals surface area contributed by atoms with E-state index in [9.17, 15) is 13.2 Å². The van der Waals surface area contributed by atoms with Gasteiger partial charge >= 0.3 is 0 Å². The van der Waals surface area contributed by atoms with Gasteiger partial charge in [-0.15, -0.1) is 0 Å². The summed E-state index contributed by atoms with van der Waals surface area (Å²) in [6.45, 7) is 1.79. The molecule has 4 aromatic rings. The number of fused-ring (bicyclic) bond motifs is 1. The van der Waals surface area contributed by atoms with Gasteiger partial charge in [0.05, 0.1) is 28.3 Å². The van der Waals surface area contributed by atoms with Gasteiger partial charge in [-0.25, -0.2) is 18.5 Å². The first-order chi connectivity index (χ1) is 15.8.